The number of ether oxygens (including phenoxy) is 1. The number of aryl methyl sites for hydroxylation is 1. The fourth-order valence-corrected chi connectivity index (χ4v) is 5.07. The van der Waals surface area contributed by atoms with Crippen molar-refractivity contribution in [2.75, 3.05) is 24.4 Å². The van der Waals surface area contributed by atoms with Crippen LogP contribution in [0.4, 0.5) is 11.8 Å². The standard InChI is InChI=1S/C24H28N6O5S/c1-12-20(17-7-13-5-15(11-34-2)26-8-18(13)35-17)23(29-16-6-14(10-31)21(32)22(16)33)30-24(28-12)27-9-19-25-3-4-36-19/h3-5,7-8,14,16,21-22,31-33H,6,9-11H2,1-2H3,(H2,27,28,29,30)/t14-,16-,21-,22+/m1/s1. The monoisotopic (exact) mass is 512 g/mol. The summed E-state index contributed by atoms with van der Waals surface area (Å²) in [7, 11) is 1.62. The molecule has 0 unspecified atom stereocenters. The summed E-state index contributed by atoms with van der Waals surface area (Å²) in [4.78, 5) is 18.0. The van der Waals surface area contributed by atoms with Crippen LogP contribution in [-0.2, 0) is 17.9 Å². The van der Waals surface area contributed by atoms with Crippen molar-refractivity contribution >= 4 is 34.1 Å². The largest absolute Gasteiger partial charge is 0.454 e. The van der Waals surface area contributed by atoms with Gasteiger partial charge in [0.25, 0.3) is 0 Å². The van der Waals surface area contributed by atoms with Crippen molar-refractivity contribution in [3.8, 4) is 11.3 Å². The number of hydrogen-bond donors (Lipinski definition) is 5. The number of nitrogens with zero attached hydrogens (tertiary/aromatic N) is 4. The zero-order chi connectivity index (χ0) is 25.2. The van der Waals surface area contributed by atoms with Crippen LogP contribution in [0.2, 0.25) is 0 Å². The lowest BCUT2D eigenvalue weighted by Crippen LogP contribution is -2.35. The number of rotatable bonds is 9. The predicted octanol–water partition coefficient (Wildman–Crippen LogP) is 2.32. The molecule has 0 spiro atoms. The average Bonchev–Trinajstić information content (AvgIpc) is 3.59. The molecule has 4 aromatic heterocycles. The van der Waals surface area contributed by atoms with Gasteiger partial charge in [0.1, 0.15) is 22.7 Å². The number of furan rings is 1. The third kappa shape index (κ3) is 4.90. The third-order valence-corrected chi connectivity index (χ3v) is 7.11. The van der Waals surface area contributed by atoms with Gasteiger partial charge in [-0.2, -0.15) is 4.98 Å². The maximum Gasteiger partial charge on any atom is 0.225 e. The van der Waals surface area contributed by atoms with E-state index in [2.05, 4.69) is 25.6 Å². The second-order valence-electron chi connectivity index (χ2n) is 8.80. The summed E-state index contributed by atoms with van der Waals surface area (Å²) in [5.74, 6) is 0.950. The summed E-state index contributed by atoms with van der Waals surface area (Å²) in [6, 6.07) is 3.28. The Morgan fingerprint density at radius 2 is 2.06 bits per heavy atom. The molecule has 4 atom stereocenters. The molecule has 4 heterocycles. The van der Waals surface area contributed by atoms with Crippen LogP contribution in [0.1, 0.15) is 22.8 Å². The second kappa shape index (κ2) is 10.4. The first-order chi connectivity index (χ1) is 17.5. The Labute approximate surface area is 211 Å². The highest BCUT2D eigenvalue weighted by atomic mass is 32.1. The van der Waals surface area contributed by atoms with Crippen molar-refractivity contribution in [2.24, 2.45) is 5.92 Å². The van der Waals surface area contributed by atoms with Gasteiger partial charge in [-0.25, -0.2) is 9.97 Å². The number of aliphatic hydroxyl groups excluding tert-OH is 3. The molecule has 0 radical (unpaired) electrons. The molecule has 36 heavy (non-hydrogen) atoms. The van der Waals surface area contributed by atoms with Gasteiger partial charge in [-0.05, 0) is 25.5 Å². The smallest absolute Gasteiger partial charge is 0.225 e. The minimum Gasteiger partial charge on any atom is -0.454 e. The summed E-state index contributed by atoms with van der Waals surface area (Å²) >= 11 is 1.53. The minimum atomic E-state index is -1.06. The maximum absolute atomic E-state index is 10.6. The lowest BCUT2D eigenvalue weighted by atomic mass is 10.1. The number of methoxy groups -OCH3 is 1. The average molecular weight is 513 g/mol. The van der Waals surface area contributed by atoms with Gasteiger partial charge in [-0.3, -0.25) is 4.98 Å². The molecule has 1 aliphatic rings. The normalized spacial score (nSPS) is 21.8. The van der Waals surface area contributed by atoms with Crippen LogP contribution < -0.4 is 10.6 Å². The Kier molecular flexibility index (Phi) is 7.12. The molecule has 12 heteroatoms. The minimum absolute atomic E-state index is 0.215. The second-order valence-corrected chi connectivity index (χ2v) is 9.78. The Hall–Kier alpha value is -3.16. The van der Waals surface area contributed by atoms with Gasteiger partial charge in [0.2, 0.25) is 5.95 Å². The number of anilines is 2. The predicted molar refractivity (Wildman–Crippen MR) is 135 cm³/mol. The Morgan fingerprint density at radius 3 is 2.78 bits per heavy atom. The molecule has 0 saturated heterocycles. The Balaban J connectivity index is 1.52. The molecular weight excluding hydrogens is 484 g/mol. The van der Waals surface area contributed by atoms with E-state index in [4.69, 9.17) is 14.1 Å². The fraction of sp³-hybridized carbons (Fsp3) is 0.417. The van der Waals surface area contributed by atoms with E-state index >= 15 is 0 Å². The number of thiazole rings is 1. The SMILES string of the molecule is COCc1cc2cc(-c3c(C)nc(NCc4nccs4)nc3N[C@@H]3C[C@H](CO)[C@@H](O)[C@H]3O)oc2cn1. The number of hydrogen-bond acceptors (Lipinski definition) is 12. The van der Waals surface area contributed by atoms with E-state index < -0.39 is 24.2 Å². The first kappa shape index (κ1) is 24.5. The molecule has 1 fully saturated rings. The van der Waals surface area contributed by atoms with Gasteiger partial charge in [0.05, 0.1) is 48.4 Å². The zero-order valence-electron chi connectivity index (χ0n) is 19.9. The lowest BCUT2D eigenvalue weighted by molar-refractivity contribution is 0.00446. The van der Waals surface area contributed by atoms with E-state index in [1.165, 1.54) is 11.3 Å². The van der Waals surface area contributed by atoms with Gasteiger partial charge >= 0.3 is 0 Å². The summed E-state index contributed by atoms with van der Waals surface area (Å²) in [5, 5.41) is 40.7. The van der Waals surface area contributed by atoms with Crippen molar-refractivity contribution in [1.29, 1.82) is 0 Å². The van der Waals surface area contributed by atoms with Crippen LogP contribution in [-0.4, -0.2) is 67.2 Å². The van der Waals surface area contributed by atoms with E-state index in [1.807, 2.05) is 24.4 Å². The van der Waals surface area contributed by atoms with Crippen molar-refractivity contribution in [2.45, 2.75) is 44.7 Å². The first-order valence-electron chi connectivity index (χ1n) is 11.6. The lowest BCUT2D eigenvalue weighted by Gasteiger charge is -2.21. The van der Waals surface area contributed by atoms with E-state index in [0.29, 0.717) is 53.9 Å². The number of nitrogens with one attached hydrogen (secondary N) is 2. The number of aromatic nitrogens is 4. The van der Waals surface area contributed by atoms with E-state index in [1.54, 1.807) is 19.5 Å². The van der Waals surface area contributed by atoms with Gasteiger partial charge < -0.3 is 35.1 Å². The molecule has 0 bridgehead atoms. The topological polar surface area (TPSA) is 159 Å². The van der Waals surface area contributed by atoms with Gasteiger partial charge in [-0.1, -0.05) is 0 Å². The highest BCUT2D eigenvalue weighted by Gasteiger charge is 2.41. The fourth-order valence-electron chi connectivity index (χ4n) is 4.51. The number of aliphatic hydroxyl groups is 3. The first-order valence-corrected chi connectivity index (χ1v) is 12.5. The molecule has 0 aromatic carbocycles. The van der Waals surface area contributed by atoms with E-state index in [9.17, 15) is 15.3 Å². The number of fused-ring (bicyclic) bond motifs is 1. The van der Waals surface area contributed by atoms with Crippen LogP contribution in [0.25, 0.3) is 22.3 Å². The number of pyridine rings is 1. The summed E-state index contributed by atoms with van der Waals surface area (Å²) < 4.78 is 11.3. The van der Waals surface area contributed by atoms with E-state index in [-0.39, 0.29) is 6.61 Å². The summed E-state index contributed by atoms with van der Waals surface area (Å²) in [5.41, 5.74) is 2.68. The van der Waals surface area contributed by atoms with Crippen LogP contribution in [0, 0.1) is 12.8 Å². The van der Waals surface area contributed by atoms with Crippen LogP contribution >= 0.6 is 11.3 Å². The molecule has 190 valence electrons. The molecule has 11 nitrogen and oxygen atoms in total. The van der Waals surface area contributed by atoms with Gasteiger partial charge in [0.15, 0.2) is 5.58 Å². The quantitative estimate of drug-likeness (QED) is 0.224. The molecular formula is C24H28N6O5S. The highest BCUT2D eigenvalue weighted by molar-refractivity contribution is 7.09. The summed E-state index contributed by atoms with van der Waals surface area (Å²) in [6.07, 6.45) is 1.69. The van der Waals surface area contributed by atoms with Crippen LogP contribution in [0.15, 0.2) is 34.3 Å². The van der Waals surface area contributed by atoms with Crippen molar-refractivity contribution in [3.63, 3.8) is 0 Å². The Bertz CT molecular complexity index is 1330. The molecule has 5 N–H and O–H groups in total. The van der Waals surface area contributed by atoms with E-state index in [0.717, 1.165) is 16.1 Å². The Morgan fingerprint density at radius 1 is 1.19 bits per heavy atom. The maximum atomic E-state index is 10.6. The van der Waals surface area contributed by atoms with Crippen molar-refractivity contribution < 1.29 is 24.5 Å². The molecule has 4 aromatic rings. The molecule has 0 amide bonds. The van der Waals surface area contributed by atoms with Gasteiger partial charge in [-0.15, -0.1) is 11.3 Å². The highest BCUT2D eigenvalue weighted by Crippen LogP contribution is 2.37. The molecule has 1 aliphatic carbocycles. The molecule has 1 saturated carbocycles. The summed E-state index contributed by atoms with van der Waals surface area (Å²) in [6.45, 7) is 2.49. The molecule has 0 aliphatic heterocycles. The zero-order valence-corrected chi connectivity index (χ0v) is 20.7. The van der Waals surface area contributed by atoms with Crippen molar-refractivity contribution in [1.82, 2.24) is 19.9 Å². The van der Waals surface area contributed by atoms with Crippen LogP contribution in [0.5, 0.6) is 0 Å². The van der Waals surface area contributed by atoms with Crippen molar-refractivity contribution in [3.05, 3.63) is 46.3 Å². The van der Waals surface area contributed by atoms with Crippen LogP contribution in [0.3, 0.4) is 0 Å². The molecule has 5 rings (SSSR count). The third-order valence-electron chi connectivity index (χ3n) is 6.33. The van der Waals surface area contributed by atoms with Gasteiger partial charge in [0, 0.05) is 36.6 Å².